The van der Waals surface area contributed by atoms with E-state index < -0.39 is 4.92 Å². The van der Waals surface area contributed by atoms with E-state index in [1.165, 1.54) is 17.4 Å². The molecule has 0 saturated carbocycles. The third kappa shape index (κ3) is 2.93. The number of hydrogen-bond acceptors (Lipinski definition) is 4. The maximum Gasteiger partial charge on any atom is 0.293 e. The van der Waals surface area contributed by atoms with Gasteiger partial charge in [0.05, 0.1) is 14.3 Å². The van der Waals surface area contributed by atoms with E-state index in [1.807, 2.05) is 6.07 Å². The summed E-state index contributed by atoms with van der Waals surface area (Å²) in [6.45, 7) is 0.446. The van der Waals surface area contributed by atoms with Gasteiger partial charge in [0.2, 0.25) is 0 Å². The normalized spacial score (nSPS) is 10.3. The van der Waals surface area contributed by atoms with Crippen LogP contribution in [0.4, 0.5) is 11.4 Å². The summed E-state index contributed by atoms with van der Waals surface area (Å²) >= 11 is 13.2. The van der Waals surface area contributed by atoms with Crippen LogP contribution in [-0.4, -0.2) is 4.92 Å². The molecule has 1 aromatic heterocycles. The van der Waals surface area contributed by atoms with E-state index in [4.69, 9.17) is 23.2 Å². The van der Waals surface area contributed by atoms with Crippen molar-refractivity contribution >= 4 is 45.9 Å². The molecule has 1 heterocycles. The Bertz CT molecular complexity index is 586. The van der Waals surface area contributed by atoms with Crippen LogP contribution in [-0.2, 0) is 6.54 Å². The molecule has 0 aliphatic carbocycles. The Morgan fingerprint density at radius 3 is 2.67 bits per heavy atom. The molecular weight excluding hydrogens is 295 g/mol. The van der Waals surface area contributed by atoms with Gasteiger partial charge in [-0.2, -0.15) is 0 Å². The van der Waals surface area contributed by atoms with E-state index >= 15 is 0 Å². The fourth-order valence-corrected chi connectivity index (χ4v) is 2.73. The zero-order valence-corrected chi connectivity index (χ0v) is 11.4. The van der Waals surface area contributed by atoms with E-state index in [-0.39, 0.29) is 5.69 Å². The van der Waals surface area contributed by atoms with Crippen LogP contribution >= 0.6 is 34.5 Å². The van der Waals surface area contributed by atoms with Crippen LogP contribution in [0, 0.1) is 10.1 Å². The molecule has 18 heavy (non-hydrogen) atoms. The molecule has 1 aromatic carbocycles. The third-order valence-corrected chi connectivity index (χ3v) is 3.80. The minimum atomic E-state index is -0.463. The van der Waals surface area contributed by atoms with Crippen LogP contribution < -0.4 is 5.32 Å². The van der Waals surface area contributed by atoms with Crippen molar-refractivity contribution in [1.29, 1.82) is 0 Å². The largest absolute Gasteiger partial charge is 0.373 e. The summed E-state index contributed by atoms with van der Waals surface area (Å²) in [5, 5.41) is 14.2. The van der Waals surface area contributed by atoms with Crippen molar-refractivity contribution in [2.24, 2.45) is 0 Å². The van der Waals surface area contributed by atoms with Crippen LogP contribution in [0.2, 0.25) is 9.36 Å². The van der Waals surface area contributed by atoms with Crippen molar-refractivity contribution < 1.29 is 4.92 Å². The Labute approximate surface area is 117 Å². The molecule has 0 spiro atoms. The van der Waals surface area contributed by atoms with Gasteiger partial charge in [-0.3, -0.25) is 10.1 Å². The van der Waals surface area contributed by atoms with Gasteiger partial charge in [0.1, 0.15) is 5.69 Å². The van der Waals surface area contributed by atoms with Crippen LogP contribution in [0.25, 0.3) is 0 Å². The number of benzene rings is 1. The van der Waals surface area contributed by atoms with E-state index in [0.29, 0.717) is 21.6 Å². The number of nitrogens with one attached hydrogen (secondary N) is 1. The van der Waals surface area contributed by atoms with Gasteiger partial charge in [-0.25, -0.2) is 0 Å². The quantitative estimate of drug-likeness (QED) is 0.664. The summed E-state index contributed by atoms with van der Waals surface area (Å²) in [6.07, 6.45) is 0. The summed E-state index contributed by atoms with van der Waals surface area (Å²) < 4.78 is 0.681. The first kappa shape index (κ1) is 13.1. The Balaban J connectivity index is 2.20. The molecule has 0 atom stereocenters. The van der Waals surface area contributed by atoms with Gasteiger partial charge in [0.25, 0.3) is 5.69 Å². The fourth-order valence-electron chi connectivity index (χ4n) is 1.46. The molecule has 94 valence electrons. The lowest BCUT2D eigenvalue weighted by atomic mass is 10.2. The molecule has 0 fully saturated rings. The second-order valence-electron chi connectivity index (χ2n) is 3.45. The fraction of sp³-hybridized carbons (Fsp3) is 0.0909. The van der Waals surface area contributed by atoms with Crippen molar-refractivity contribution in [1.82, 2.24) is 0 Å². The molecule has 2 aromatic rings. The van der Waals surface area contributed by atoms with Crippen LogP contribution in [0.3, 0.4) is 0 Å². The van der Waals surface area contributed by atoms with Crippen molar-refractivity contribution in [3.8, 4) is 0 Å². The van der Waals surface area contributed by atoms with E-state index in [9.17, 15) is 10.1 Å². The monoisotopic (exact) mass is 302 g/mol. The van der Waals surface area contributed by atoms with Gasteiger partial charge in [0.15, 0.2) is 0 Å². The number of nitro benzene ring substituents is 1. The van der Waals surface area contributed by atoms with Crippen molar-refractivity contribution in [2.45, 2.75) is 6.54 Å². The topological polar surface area (TPSA) is 55.2 Å². The summed E-state index contributed by atoms with van der Waals surface area (Å²) in [4.78, 5) is 11.4. The van der Waals surface area contributed by atoms with Crippen LogP contribution in [0.5, 0.6) is 0 Å². The lowest BCUT2D eigenvalue weighted by Gasteiger charge is -2.07. The first-order valence-corrected chi connectivity index (χ1v) is 6.56. The lowest BCUT2D eigenvalue weighted by Crippen LogP contribution is -2.02. The molecule has 1 N–H and O–H groups in total. The van der Waals surface area contributed by atoms with E-state index in [2.05, 4.69) is 5.32 Å². The number of thiophene rings is 1. The van der Waals surface area contributed by atoms with Crippen molar-refractivity contribution in [2.75, 3.05) is 5.32 Å². The van der Waals surface area contributed by atoms with Gasteiger partial charge < -0.3 is 5.32 Å². The molecule has 0 amide bonds. The highest BCUT2D eigenvalue weighted by Gasteiger charge is 2.16. The standard InChI is InChI=1S/C11H8Cl2N2O2S/c12-8-2-1-3-9(15(16)17)11(8)14-6-7-4-5-10(13)18-7/h1-5,14H,6H2. The predicted molar refractivity (Wildman–Crippen MR) is 74.8 cm³/mol. The molecule has 7 heteroatoms. The highest BCUT2D eigenvalue weighted by molar-refractivity contribution is 7.16. The lowest BCUT2D eigenvalue weighted by molar-refractivity contribution is -0.383. The number of para-hydroxylation sites is 1. The van der Waals surface area contributed by atoms with E-state index in [1.54, 1.807) is 18.2 Å². The third-order valence-electron chi connectivity index (χ3n) is 2.26. The Kier molecular flexibility index (Phi) is 4.06. The van der Waals surface area contributed by atoms with Gasteiger partial charge in [0, 0.05) is 17.5 Å². The summed E-state index contributed by atoms with van der Waals surface area (Å²) in [5.74, 6) is 0. The predicted octanol–water partition coefficient (Wildman–Crippen LogP) is 4.58. The average molecular weight is 303 g/mol. The zero-order chi connectivity index (χ0) is 13.1. The Morgan fingerprint density at radius 1 is 1.28 bits per heavy atom. The molecular formula is C11H8Cl2N2O2S. The highest BCUT2D eigenvalue weighted by atomic mass is 35.5. The highest BCUT2D eigenvalue weighted by Crippen LogP contribution is 2.32. The molecule has 0 aliphatic rings. The first-order chi connectivity index (χ1) is 8.58. The van der Waals surface area contributed by atoms with Crippen molar-refractivity contribution in [3.63, 3.8) is 0 Å². The SMILES string of the molecule is O=[N+]([O-])c1cccc(Cl)c1NCc1ccc(Cl)s1. The summed E-state index contributed by atoms with van der Waals surface area (Å²) in [6, 6.07) is 8.22. The summed E-state index contributed by atoms with van der Waals surface area (Å²) in [5.41, 5.74) is 0.291. The molecule has 0 bridgehead atoms. The maximum absolute atomic E-state index is 10.9. The van der Waals surface area contributed by atoms with Gasteiger partial charge >= 0.3 is 0 Å². The minimum Gasteiger partial charge on any atom is -0.373 e. The number of rotatable bonds is 4. The molecule has 0 radical (unpaired) electrons. The first-order valence-electron chi connectivity index (χ1n) is 4.99. The minimum absolute atomic E-state index is 0.0369. The van der Waals surface area contributed by atoms with Gasteiger partial charge in [-0.05, 0) is 18.2 Å². The number of nitro groups is 1. The van der Waals surface area contributed by atoms with Gasteiger partial charge in [-0.15, -0.1) is 11.3 Å². The van der Waals surface area contributed by atoms with E-state index in [0.717, 1.165) is 4.88 Å². The Morgan fingerprint density at radius 2 is 2.06 bits per heavy atom. The second kappa shape index (κ2) is 5.56. The van der Waals surface area contributed by atoms with Crippen LogP contribution in [0.15, 0.2) is 30.3 Å². The van der Waals surface area contributed by atoms with Crippen molar-refractivity contribution in [3.05, 3.63) is 54.7 Å². The van der Waals surface area contributed by atoms with Crippen LogP contribution in [0.1, 0.15) is 4.88 Å². The Hall–Kier alpha value is -1.30. The summed E-state index contributed by atoms with van der Waals surface area (Å²) in [7, 11) is 0. The molecule has 0 unspecified atom stereocenters. The molecule has 0 saturated heterocycles. The smallest absolute Gasteiger partial charge is 0.293 e. The number of nitrogens with zero attached hydrogens (tertiary/aromatic N) is 1. The maximum atomic E-state index is 10.9. The second-order valence-corrected chi connectivity index (χ2v) is 5.66. The zero-order valence-electron chi connectivity index (χ0n) is 9.02. The number of hydrogen-bond donors (Lipinski definition) is 1. The molecule has 2 rings (SSSR count). The van der Waals surface area contributed by atoms with Gasteiger partial charge in [-0.1, -0.05) is 29.3 Å². The molecule has 4 nitrogen and oxygen atoms in total. The number of anilines is 1. The molecule has 0 aliphatic heterocycles. The average Bonchev–Trinajstić information content (AvgIpc) is 2.73. The number of halogens is 2.